The highest BCUT2D eigenvalue weighted by Gasteiger charge is 2.40. The zero-order valence-corrected chi connectivity index (χ0v) is 13.1. The Labute approximate surface area is 122 Å². The van der Waals surface area contributed by atoms with Crippen LogP contribution < -0.4 is 4.74 Å². The molecular weight excluding hydrogens is 250 g/mol. The summed E-state index contributed by atoms with van der Waals surface area (Å²) in [4.78, 5) is 2.30. The van der Waals surface area contributed by atoms with E-state index in [0.717, 1.165) is 31.7 Å². The summed E-state index contributed by atoms with van der Waals surface area (Å²) in [5.41, 5.74) is 1.32. The first-order valence-corrected chi connectivity index (χ1v) is 7.42. The fraction of sp³-hybridized carbons (Fsp3) is 0.647. The van der Waals surface area contributed by atoms with Crippen molar-refractivity contribution in [3.05, 3.63) is 29.8 Å². The second kappa shape index (κ2) is 6.15. The Balaban J connectivity index is 1.91. The Bertz CT molecular complexity index is 444. The van der Waals surface area contributed by atoms with Crippen molar-refractivity contribution >= 4 is 0 Å². The maximum Gasteiger partial charge on any atom is 0.119 e. The summed E-state index contributed by atoms with van der Waals surface area (Å²) in [6.07, 6.45) is 2.05. The van der Waals surface area contributed by atoms with E-state index >= 15 is 0 Å². The lowest BCUT2D eigenvalue weighted by Crippen LogP contribution is -2.34. The second-order valence-corrected chi connectivity index (χ2v) is 6.78. The summed E-state index contributed by atoms with van der Waals surface area (Å²) >= 11 is 0. The number of aliphatic hydroxyl groups is 1. The quantitative estimate of drug-likeness (QED) is 0.898. The van der Waals surface area contributed by atoms with E-state index in [0.29, 0.717) is 5.92 Å². The molecule has 1 aromatic carbocycles. The molecule has 1 saturated carbocycles. The van der Waals surface area contributed by atoms with Crippen LogP contribution in [0.1, 0.15) is 32.3 Å². The third kappa shape index (κ3) is 3.53. The molecule has 1 fully saturated rings. The van der Waals surface area contributed by atoms with E-state index < -0.39 is 0 Å². The van der Waals surface area contributed by atoms with Gasteiger partial charge in [-0.25, -0.2) is 0 Å². The van der Waals surface area contributed by atoms with Crippen molar-refractivity contribution in [2.45, 2.75) is 39.3 Å². The number of benzene rings is 1. The molecule has 3 nitrogen and oxygen atoms in total. The van der Waals surface area contributed by atoms with Crippen LogP contribution in [0.15, 0.2) is 24.3 Å². The van der Waals surface area contributed by atoms with Crippen LogP contribution in [-0.4, -0.2) is 36.8 Å². The standard InChI is InChI=1S/C17H27NO2/c1-17(2)9-8-14(16(17)19)12-18(3)11-13-6-5-7-15(10-13)20-4/h5-7,10,14,16,19H,8-9,11-12H2,1-4H3. The monoisotopic (exact) mass is 277 g/mol. The van der Waals surface area contributed by atoms with Crippen LogP contribution in [0.4, 0.5) is 0 Å². The molecule has 1 N–H and O–H groups in total. The first-order chi connectivity index (χ1) is 9.42. The summed E-state index contributed by atoms with van der Waals surface area (Å²) < 4.78 is 5.26. The van der Waals surface area contributed by atoms with Gasteiger partial charge in [0.1, 0.15) is 5.75 Å². The summed E-state index contributed by atoms with van der Waals surface area (Å²) in [6, 6.07) is 8.18. The van der Waals surface area contributed by atoms with Gasteiger partial charge < -0.3 is 14.7 Å². The van der Waals surface area contributed by atoms with E-state index in [-0.39, 0.29) is 11.5 Å². The summed E-state index contributed by atoms with van der Waals surface area (Å²) in [6.45, 7) is 6.17. The maximum absolute atomic E-state index is 10.4. The number of ether oxygens (including phenoxy) is 1. The maximum atomic E-state index is 10.4. The van der Waals surface area contributed by atoms with E-state index in [2.05, 4.69) is 37.9 Å². The lowest BCUT2D eigenvalue weighted by atomic mass is 9.87. The average molecular weight is 277 g/mol. The average Bonchev–Trinajstić information content (AvgIpc) is 2.66. The van der Waals surface area contributed by atoms with E-state index in [4.69, 9.17) is 4.74 Å². The lowest BCUT2D eigenvalue weighted by Gasteiger charge is -2.28. The van der Waals surface area contributed by atoms with E-state index in [9.17, 15) is 5.11 Å². The molecule has 112 valence electrons. The second-order valence-electron chi connectivity index (χ2n) is 6.78. The van der Waals surface area contributed by atoms with Gasteiger partial charge in [-0.1, -0.05) is 26.0 Å². The Hall–Kier alpha value is -1.06. The van der Waals surface area contributed by atoms with Crippen LogP contribution >= 0.6 is 0 Å². The van der Waals surface area contributed by atoms with Gasteiger partial charge in [-0.2, -0.15) is 0 Å². The van der Waals surface area contributed by atoms with Crippen LogP contribution in [0.3, 0.4) is 0 Å². The number of hydrogen-bond donors (Lipinski definition) is 1. The Morgan fingerprint density at radius 1 is 1.40 bits per heavy atom. The van der Waals surface area contributed by atoms with Gasteiger partial charge >= 0.3 is 0 Å². The van der Waals surface area contributed by atoms with Crippen molar-refractivity contribution in [3.63, 3.8) is 0 Å². The van der Waals surface area contributed by atoms with Gasteiger partial charge in [0, 0.05) is 13.1 Å². The predicted molar refractivity (Wildman–Crippen MR) is 81.8 cm³/mol. The van der Waals surface area contributed by atoms with Crippen LogP contribution in [0.25, 0.3) is 0 Å². The summed E-state index contributed by atoms with van der Waals surface area (Å²) in [5.74, 6) is 1.29. The molecule has 0 saturated heterocycles. The minimum absolute atomic E-state index is 0.0709. The fourth-order valence-electron chi connectivity index (χ4n) is 3.24. The van der Waals surface area contributed by atoms with Crippen LogP contribution in [0.5, 0.6) is 5.75 Å². The number of rotatable bonds is 5. The van der Waals surface area contributed by atoms with Gasteiger partial charge in [-0.3, -0.25) is 0 Å². The number of methoxy groups -OCH3 is 1. The van der Waals surface area contributed by atoms with Gasteiger partial charge in [0.25, 0.3) is 0 Å². The first kappa shape index (κ1) is 15.3. The molecule has 0 heterocycles. The van der Waals surface area contributed by atoms with Crippen molar-refractivity contribution < 1.29 is 9.84 Å². The van der Waals surface area contributed by atoms with Gasteiger partial charge in [0.2, 0.25) is 0 Å². The van der Waals surface area contributed by atoms with Gasteiger partial charge in [-0.15, -0.1) is 0 Å². The minimum Gasteiger partial charge on any atom is -0.497 e. The highest BCUT2D eigenvalue weighted by molar-refractivity contribution is 5.28. The summed E-state index contributed by atoms with van der Waals surface area (Å²) in [5, 5.41) is 10.4. The molecule has 20 heavy (non-hydrogen) atoms. The molecule has 0 aromatic heterocycles. The Morgan fingerprint density at radius 2 is 2.15 bits per heavy atom. The number of hydrogen-bond acceptors (Lipinski definition) is 3. The largest absolute Gasteiger partial charge is 0.497 e. The number of nitrogens with zero attached hydrogens (tertiary/aromatic N) is 1. The molecular formula is C17H27NO2. The molecule has 0 amide bonds. The molecule has 1 aliphatic rings. The lowest BCUT2D eigenvalue weighted by molar-refractivity contribution is 0.0348. The summed E-state index contributed by atoms with van der Waals surface area (Å²) in [7, 11) is 3.82. The van der Waals surface area contributed by atoms with E-state index in [1.807, 2.05) is 12.1 Å². The molecule has 2 rings (SSSR count). The van der Waals surface area contributed by atoms with Gasteiger partial charge in [0.15, 0.2) is 0 Å². The van der Waals surface area contributed by atoms with E-state index in [1.54, 1.807) is 7.11 Å². The van der Waals surface area contributed by atoms with Crippen molar-refractivity contribution in [2.75, 3.05) is 20.7 Å². The normalized spacial score (nSPS) is 25.1. The molecule has 0 spiro atoms. The Kier molecular flexibility index (Phi) is 4.71. The molecule has 0 radical (unpaired) electrons. The predicted octanol–water partition coefficient (Wildman–Crippen LogP) is 2.92. The topological polar surface area (TPSA) is 32.7 Å². The minimum atomic E-state index is -0.185. The van der Waals surface area contributed by atoms with Crippen molar-refractivity contribution in [2.24, 2.45) is 11.3 Å². The first-order valence-electron chi connectivity index (χ1n) is 7.42. The number of aliphatic hydroxyl groups excluding tert-OH is 1. The van der Waals surface area contributed by atoms with Crippen LogP contribution in [0.2, 0.25) is 0 Å². The zero-order valence-electron chi connectivity index (χ0n) is 13.1. The third-order valence-electron chi connectivity index (χ3n) is 4.54. The van der Waals surface area contributed by atoms with Crippen molar-refractivity contribution in [1.82, 2.24) is 4.90 Å². The zero-order chi connectivity index (χ0) is 14.8. The smallest absolute Gasteiger partial charge is 0.119 e. The van der Waals surface area contributed by atoms with E-state index in [1.165, 1.54) is 5.56 Å². The molecule has 1 aliphatic carbocycles. The molecule has 2 unspecified atom stereocenters. The highest BCUT2D eigenvalue weighted by atomic mass is 16.5. The Morgan fingerprint density at radius 3 is 2.75 bits per heavy atom. The molecule has 0 aliphatic heterocycles. The highest BCUT2D eigenvalue weighted by Crippen LogP contribution is 2.41. The van der Waals surface area contributed by atoms with Crippen LogP contribution in [-0.2, 0) is 6.54 Å². The van der Waals surface area contributed by atoms with Gasteiger partial charge in [0.05, 0.1) is 13.2 Å². The molecule has 0 bridgehead atoms. The van der Waals surface area contributed by atoms with Crippen LogP contribution in [0, 0.1) is 11.3 Å². The molecule has 1 aromatic rings. The third-order valence-corrected chi connectivity index (χ3v) is 4.54. The van der Waals surface area contributed by atoms with Crippen molar-refractivity contribution in [3.8, 4) is 5.75 Å². The molecule has 2 atom stereocenters. The SMILES string of the molecule is COc1cccc(CN(C)CC2CCC(C)(C)C2O)c1. The van der Waals surface area contributed by atoms with Gasteiger partial charge in [-0.05, 0) is 48.9 Å². The molecule has 3 heteroatoms. The van der Waals surface area contributed by atoms with Crippen molar-refractivity contribution in [1.29, 1.82) is 0 Å². The fourth-order valence-corrected chi connectivity index (χ4v) is 3.24.